The van der Waals surface area contributed by atoms with Gasteiger partial charge in [0.2, 0.25) is 5.91 Å². The van der Waals surface area contributed by atoms with Gasteiger partial charge in [0.15, 0.2) is 0 Å². The summed E-state index contributed by atoms with van der Waals surface area (Å²) in [6.45, 7) is 8.67. The Morgan fingerprint density at radius 1 is 1.22 bits per heavy atom. The van der Waals surface area contributed by atoms with Crippen LogP contribution in [0.5, 0.6) is 5.75 Å². The van der Waals surface area contributed by atoms with E-state index in [4.69, 9.17) is 4.74 Å². The van der Waals surface area contributed by atoms with Gasteiger partial charge in [-0.25, -0.2) is 0 Å². The third-order valence-electron chi connectivity index (χ3n) is 4.33. The molecule has 2 rings (SSSR count). The van der Waals surface area contributed by atoms with Crippen molar-refractivity contribution in [3.05, 3.63) is 29.3 Å². The molecule has 0 spiro atoms. The van der Waals surface area contributed by atoms with Gasteiger partial charge < -0.3 is 15.0 Å². The van der Waals surface area contributed by atoms with Crippen LogP contribution >= 0.6 is 0 Å². The van der Waals surface area contributed by atoms with E-state index in [1.54, 1.807) is 0 Å². The average molecular weight is 318 g/mol. The molecule has 1 fully saturated rings. The summed E-state index contributed by atoms with van der Waals surface area (Å²) in [5, 5.41) is 3.34. The maximum absolute atomic E-state index is 12.4. The molecule has 1 amide bonds. The Kier molecular flexibility index (Phi) is 7.40. The Labute approximate surface area is 140 Å². The molecule has 0 aromatic heterocycles. The molecule has 0 aliphatic carbocycles. The van der Waals surface area contributed by atoms with Gasteiger partial charge in [0, 0.05) is 26.1 Å². The minimum Gasteiger partial charge on any atom is -0.494 e. The van der Waals surface area contributed by atoms with Crippen molar-refractivity contribution < 1.29 is 9.53 Å². The highest BCUT2D eigenvalue weighted by atomic mass is 16.5. The SMILES string of the molecule is CCCOc1ccc(CCC(=O)N2CCCNCC2)c(CC)c1. The van der Waals surface area contributed by atoms with E-state index in [1.165, 1.54) is 11.1 Å². The molecule has 1 aromatic carbocycles. The lowest BCUT2D eigenvalue weighted by Crippen LogP contribution is -2.34. The highest BCUT2D eigenvalue weighted by Gasteiger charge is 2.15. The Hall–Kier alpha value is -1.55. The van der Waals surface area contributed by atoms with E-state index in [0.29, 0.717) is 6.42 Å². The number of rotatable bonds is 7. The lowest BCUT2D eigenvalue weighted by Gasteiger charge is -2.20. The number of nitrogens with one attached hydrogen (secondary N) is 1. The number of benzene rings is 1. The molecule has 0 saturated carbocycles. The minimum absolute atomic E-state index is 0.280. The van der Waals surface area contributed by atoms with E-state index < -0.39 is 0 Å². The van der Waals surface area contributed by atoms with Crippen molar-refractivity contribution in [3.63, 3.8) is 0 Å². The Morgan fingerprint density at radius 2 is 2.09 bits per heavy atom. The number of ether oxygens (including phenoxy) is 1. The number of aryl methyl sites for hydroxylation is 2. The van der Waals surface area contributed by atoms with Crippen LogP contribution in [0.3, 0.4) is 0 Å². The number of carbonyl (C=O) groups is 1. The van der Waals surface area contributed by atoms with Gasteiger partial charge in [-0.2, -0.15) is 0 Å². The van der Waals surface area contributed by atoms with Gasteiger partial charge >= 0.3 is 0 Å². The second-order valence-electron chi connectivity index (χ2n) is 6.12. The normalized spacial score (nSPS) is 15.3. The van der Waals surface area contributed by atoms with Gasteiger partial charge in [-0.1, -0.05) is 19.9 Å². The zero-order valence-electron chi connectivity index (χ0n) is 14.6. The van der Waals surface area contributed by atoms with Gasteiger partial charge in [-0.15, -0.1) is 0 Å². The first-order chi connectivity index (χ1) is 11.2. The number of hydrogen-bond donors (Lipinski definition) is 1. The number of nitrogens with zero attached hydrogens (tertiary/aromatic N) is 1. The molecule has 0 radical (unpaired) electrons. The lowest BCUT2D eigenvalue weighted by atomic mass is 10.00. The van der Waals surface area contributed by atoms with E-state index in [0.717, 1.165) is 64.2 Å². The van der Waals surface area contributed by atoms with Crippen LogP contribution in [0.25, 0.3) is 0 Å². The van der Waals surface area contributed by atoms with Crippen LogP contribution in [0.1, 0.15) is 44.2 Å². The van der Waals surface area contributed by atoms with Crippen LogP contribution in [-0.2, 0) is 17.6 Å². The van der Waals surface area contributed by atoms with Gasteiger partial charge in [0.05, 0.1) is 6.61 Å². The molecule has 23 heavy (non-hydrogen) atoms. The third-order valence-corrected chi connectivity index (χ3v) is 4.33. The Morgan fingerprint density at radius 3 is 2.87 bits per heavy atom. The quantitative estimate of drug-likeness (QED) is 0.840. The summed E-state index contributed by atoms with van der Waals surface area (Å²) >= 11 is 0. The van der Waals surface area contributed by atoms with Crippen molar-refractivity contribution >= 4 is 5.91 Å². The smallest absolute Gasteiger partial charge is 0.222 e. The summed E-state index contributed by atoms with van der Waals surface area (Å²) in [7, 11) is 0. The van der Waals surface area contributed by atoms with Crippen LogP contribution in [0, 0.1) is 0 Å². The molecule has 1 aromatic rings. The maximum atomic E-state index is 12.4. The summed E-state index contributed by atoms with van der Waals surface area (Å²) in [5.74, 6) is 1.22. The Balaban J connectivity index is 1.92. The second-order valence-corrected chi connectivity index (χ2v) is 6.12. The van der Waals surface area contributed by atoms with Crippen molar-refractivity contribution in [2.75, 3.05) is 32.8 Å². The van der Waals surface area contributed by atoms with Gasteiger partial charge in [0.1, 0.15) is 5.75 Å². The third kappa shape index (κ3) is 5.54. The molecule has 1 heterocycles. The summed E-state index contributed by atoms with van der Waals surface area (Å²) < 4.78 is 5.71. The summed E-state index contributed by atoms with van der Waals surface area (Å²) in [5.41, 5.74) is 2.57. The summed E-state index contributed by atoms with van der Waals surface area (Å²) in [6, 6.07) is 6.29. The molecule has 4 heteroatoms. The number of hydrogen-bond acceptors (Lipinski definition) is 3. The van der Waals surface area contributed by atoms with Crippen molar-refractivity contribution in [2.24, 2.45) is 0 Å². The van der Waals surface area contributed by atoms with Crippen molar-refractivity contribution in [1.82, 2.24) is 10.2 Å². The first kappa shape index (κ1) is 17.8. The van der Waals surface area contributed by atoms with Gasteiger partial charge in [0.25, 0.3) is 0 Å². The Bertz CT molecular complexity index is 494. The summed E-state index contributed by atoms with van der Waals surface area (Å²) in [4.78, 5) is 14.4. The first-order valence-electron chi connectivity index (χ1n) is 8.97. The maximum Gasteiger partial charge on any atom is 0.222 e. The first-order valence-corrected chi connectivity index (χ1v) is 8.97. The molecule has 1 saturated heterocycles. The van der Waals surface area contributed by atoms with Crippen molar-refractivity contribution in [1.29, 1.82) is 0 Å². The molecule has 0 atom stereocenters. The number of carbonyl (C=O) groups excluding carboxylic acids is 1. The molecule has 0 unspecified atom stereocenters. The fraction of sp³-hybridized carbons (Fsp3) is 0.632. The van der Waals surface area contributed by atoms with Gasteiger partial charge in [-0.3, -0.25) is 4.79 Å². The van der Waals surface area contributed by atoms with E-state index in [9.17, 15) is 4.79 Å². The van der Waals surface area contributed by atoms with E-state index in [-0.39, 0.29) is 5.91 Å². The zero-order chi connectivity index (χ0) is 16.5. The summed E-state index contributed by atoms with van der Waals surface area (Å²) in [6.07, 6.45) is 4.46. The second kappa shape index (κ2) is 9.56. The standard InChI is InChI=1S/C19H30N2O2/c1-3-14-23-18-8-6-17(16(4-2)15-18)7-9-19(22)21-12-5-10-20-11-13-21/h6,8,15,20H,3-5,7,9-14H2,1-2H3. The molecular formula is C19H30N2O2. The molecule has 128 valence electrons. The molecular weight excluding hydrogens is 288 g/mol. The average Bonchev–Trinajstić information content (AvgIpc) is 2.87. The topological polar surface area (TPSA) is 41.6 Å². The van der Waals surface area contributed by atoms with Crippen LogP contribution in [0.2, 0.25) is 0 Å². The molecule has 1 aliphatic heterocycles. The fourth-order valence-electron chi connectivity index (χ4n) is 2.98. The van der Waals surface area contributed by atoms with Crippen molar-refractivity contribution in [3.8, 4) is 5.75 Å². The largest absolute Gasteiger partial charge is 0.494 e. The molecule has 1 N–H and O–H groups in total. The van der Waals surface area contributed by atoms with Crippen LogP contribution in [-0.4, -0.2) is 43.6 Å². The fourth-order valence-corrected chi connectivity index (χ4v) is 2.98. The molecule has 0 bridgehead atoms. The predicted molar refractivity (Wildman–Crippen MR) is 94.0 cm³/mol. The zero-order valence-corrected chi connectivity index (χ0v) is 14.6. The highest BCUT2D eigenvalue weighted by Crippen LogP contribution is 2.20. The minimum atomic E-state index is 0.280. The van der Waals surface area contributed by atoms with Crippen LogP contribution in [0.15, 0.2) is 18.2 Å². The highest BCUT2D eigenvalue weighted by molar-refractivity contribution is 5.76. The van der Waals surface area contributed by atoms with Crippen LogP contribution in [0.4, 0.5) is 0 Å². The monoisotopic (exact) mass is 318 g/mol. The van der Waals surface area contributed by atoms with E-state index >= 15 is 0 Å². The lowest BCUT2D eigenvalue weighted by molar-refractivity contribution is -0.130. The van der Waals surface area contributed by atoms with Gasteiger partial charge in [-0.05, 0) is 55.5 Å². The van der Waals surface area contributed by atoms with E-state index in [1.807, 2.05) is 11.0 Å². The molecule has 1 aliphatic rings. The molecule has 4 nitrogen and oxygen atoms in total. The van der Waals surface area contributed by atoms with Crippen molar-refractivity contribution in [2.45, 2.75) is 46.0 Å². The van der Waals surface area contributed by atoms with E-state index in [2.05, 4.69) is 31.3 Å². The van der Waals surface area contributed by atoms with Crippen LogP contribution < -0.4 is 10.1 Å². The predicted octanol–water partition coefficient (Wildman–Crippen LogP) is 2.79. The number of amides is 1.